The monoisotopic (exact) mass is 628 g/mol. The zero-order valence-electron chi connectivity index (χ0n) is 27.0. The molecule has 2 fully saturated rings. The topological polar surface area (TPSA) is 61.9 Å². The molecule has 0 atom stereocenters. The van der Waals surface area contributed by atoms with Gasteiger partial charge in [-0.25, -0.2) is 0 Å². The van der Waals surface area contributed by atoms with E-state index in [9.17, 15) is 0 Å². The molecule has 0 bridgehead atoms. The van der Waals surface area contributed by atoms with E-state index in [4.69, 9.17) is 28.4 Å². The summed E-state index contributed by atoms with van der Waals surface area (Å²) >= 11 is 0. The molecule has 0 aliphatic carbocycles. The van der Waals surface area contributed by atoms with Crippen molar-refractivity contribution in [2.75, 3.05) is 105 Å². The molecule has 2 heterocycles. The smallest absolute Gasteiger partial charge is 0.0701 e. The second-order valence-electron chi connectivity index (χ2n) is 11.9. The van der Waals surface area contributed by atoms with Gasteiger partial charge in [-0.2, -0.15) is 0 Å². The maximum Gasteiger partial charge on any atom is 0.0701 e. The Balaban J connectivity index is 1.22. The first-order valence-electron chi connectivity index (χ1n) is 16.8. The summed E-state index contributed by atoms with van der Waals surface area (Å²) in [5.74, 6) is 0. The SMILES string of the molecule is c1cc(CN2CCOCCOCCOCC2)c2cc(-c3ccc4cccc(CN5CCOCCOCCOCC5)c4c3)ccc2c1. The van der Waals surface area contributed by atoms with Crippen LogP contribution in [0.2, 0.25) is 0 Å². The molecule has 2 aliphatic heterocycles. The van der Waals surface area contributed by atoms with Gasteiger partial charge in [-0.05, 0) is 55.9 Å². The van der Waals surface area contributed by atoms with Crippen LogP contribution in [0.25, 0.3) is 32.7 Å². The Labute approximate surface area is 273 Å². The molecule has 8 nitrogen and oxygen atoms in total. The summed E-state index contributed by atoms with van der Waals surface area (Å²) in [6, 6.07) is 27.0. The number of hydrogen-bond donors (Lipinski definition) is 0. The molecular weight excluding hydrogens is 580 g/mol. The third kappa shape index (κ3) is 9.56. The molecule has 246 valence electrons. The Bertz CT molecular complexity index is 1380. The Hall–Kier alpha value is -2.92. The van der Waals surface area contributed by atoms with Crippen molar-refractivity contribution in [3.8, 4) is 11.1 Å². The van der Waals surface area contributed by atoms with Crippen LogP contribution in [0.5, 0.6) is 0 Å². The summed E-state index contributed by atoms with van der Waals surface area (Å²) in [5, 5.41) is 5.10. The third-order valence-corrected chi connectivity index (χ3v) is 8.76. The Kier molecular flexibility index (Phi) is 12.8. The van der Waals surface area contributed by atoms with Gasteiger partial charge in [0.25, 0.3) is 0 Å². The standard InChI is InChI=1S/C38H48N2O6/c1-3-31-7-9-33(27-37(31)35(5-1)29-39-11-15-41-19-23-45-24-20-42-16-12-39)34-10-8-32-4-2-6-36(38(32)28-34)30-40-13-17-43-21-25-46-26-22-44-18-14-40/h1-10,27-28H,11-26,29-30H2. The minimum absolute atomic E-state index is 0.615. The average molecular weight is 629 g/mol. The van der Waals surface area contributed by atoms with Crippen LogP contribution in [-0.2, 0) is 41.5 Å². The Morgan fingerprint density at radius 2 is 0.739 bits per heavy atom. The van der Waals surface area contributed by atoms with E-state index in [2.05, 4.69) is 82.6 Å². The molecule has 0 N–H and O–H groups in total. The van der Waals surface area contributed by atoms with Crippen molar-refractivity contribution < 1.29 is 28.4 Å². The van der Waals surface area contributed by atoms with E-state index < -0.39 is 0 Å². The fourth-order valence-electron chi connectivity index (χ4n) is 6.19. The predicted molar refractivity (Wildman–Crippen MR) is 182 cm³/mol. The first-order chi connectivity index (χ1) is 22.8. The zero-order valence-corrected chi connectivity index (χ0v) is 27.0. The van der Waals surface area contributed by atoms with Crippen LogP contribution in [-0.4, -0.2) is 115 Å². The van der Waals surface area contributed by atoms with E-state index >= 15 is 0 Å². The van der Waals surface area contributed by atoms with Crippen molar-refractivity contribution in [3.05, 3.63) is 83.9 Å². The second kappa shape index (κ2) is 17.8. The summed E-state index contributed by atoms with van der Waals surface area (Å²) in [5.41, 5.74) is 5.10. The first kappa shape index (κ1) is 33.0. The number of rotatable bonds is 5. The van der Waals surface area contributed by atoms with E-state index in [1.165, 1.54) is 43.8 Å². The normalized spacial score (nSPS) is 19.6. The minimum atomic E-state index is 0.615. The molecule has 0 saturated carbocycles. The molecule has 4 aromatic carbocycles. The maximum absolute atomic E-state index is 5.84. The lowest BCUT2D eigenvalue weighted by atomic mass is 9.95. The first-order valence-corrected chi connectivity index (χ1v) is 16.8. The minimum Gasteiger partial charge on any atom is -0.378 e. The van der Waals surface area contributed by atoms with E-state index in [0.29, 0.717) is 79.3 Å². The summed E-state index contributed by atoms with van der Waals surface area (Å²) < 4.78 is 34.4. The molecule has 0 aromatic heterocycles. The maximum atomic E-state index is 5.84. The molecule has 4 aromatic rings. The van der Waals surface area contributed by atoms with Gasteiger partial charge in [-0.3, -0.25) is 9.80 Å². The van der Waals surface area contributed by atoms with Gasteiger partial charge in [0.2, 0.25) is 0 Å². The summed E-state index contributed by atoms with van der Waals surface area (Å²) in [7, 11) is 0. The molecule has 0 unspecified atom stereocenters. The highest BCUT2D eigenvalue weighted by Crippen LogP contribution is 2.31. The van der Waals surface area contributed by atoms with Gasteiger partial charge in [0, 0.05) is 39.3 Å². The predicted octanol–water partition coefficient (Wildman–Crippen LogP) is 5.39. The van der Waals surface area contributed by atoms with Gasteiger partial charge >= 0.3 is 0 Å². The Morgan fingerprint density at radius 3 is 1.11 bits per heavy atom. The molecule has 2 aliphatic rings. The molecule has 0 amide bonds. The number of hydrogen-bond acceptors (Lipinski definition) is 8. The van der Waals surface area contributed by atoms with Gasteiger partial charge < -0.3 is 28.4 Å². The van der Waals surface area contributed by atoms with Gasteiger partial charge in [-0.15, -0.1) is 0 Å². The molecule has 0 radical (unpaired) electrons. The van der Waals surface area contributed by atoms with E-state index in [1.807, 2.05) is 0 Å². The fraction of sp³-hybridized carbons (Fsp3) is 0.474. The van der Waals surface area contributed by atoms with Crippen molar-refractivity contribution in [1.29, 1.82) is 0 Å². The van der Waals surface area contributed by atoms with Crippen molar-refractivity contribution in [1.82, 2.24) is 9.80 Å². The van der Waals surface area contributed by atoms with Crippen LogP contribution in [0.3, 0.4) is 0 Å². The Morgan fingerprint density at radius 1 is 0.391 bits per heavy atom. The second-order valence-corrected chi connectivity index (χ2v) is 11.9. The molecular formula is C38H48N2O6. The average Bonchev–Trinajstić information content (AvgIpc) is 3.07. The molecule has 6 rings (SSSR count). The lowest BCUT2D eigenvalue weighted by Crippen LogP contribution is -2.32. The van der Waals surface area contributed by atoms with E-state index in [0.717, 1.165) is 39.3 Å². The van der Waals surface area contributed by atoms with Crippen LogP contribution in [0, 0.1) is 0 Å². The number of nitrogens with zero attached hydrogens (tertiary/aromatic N) is 2. The van der Waals surface area contributed by atoms with Crippen molar-refractivity contribution in [2.45, 2.75) is 13.1 Å². The highest BCUT2D eigenvalue weighted by Gasteiger charge is 2.13. The summed E-state index contributed by atoms with van der Waals surface area (Å²) in [6.07, 6.45) is 0. The van der Waals surface area contributed by atoms with Gasteiger partial charge in [0.1, 0.15) is 0 Å². The van der Waals surface area contributed by atoms with Crippen molar-refractivity contribution in [3.63, 3.8) is 0 Å². The lowest BCUT2D eigenvalue weighted by molar-refractivity contribution is -0.00686. The van der Waals surface area contributed by atoms with Crippen LogP contribution in [0.4, 0.5) is 0 Å². The van der Waals surface area contributed by atoms with Gasteiger partial charge in [-0.1, -0.05) is 60.7 Å². The number of fused-ring (bicyclic) bond motifs is 2. The quantitative estimate of drug-likeness (QED) is 0.292. The van der Waals surface area contributed by atoms with E-state index in [-0.39, 0.29) is 0 Å². The summed E-state index contributed by atoms with van der Waals surface area (Å²) in [4.78, 5) is 4.88. The van der Waals surface area contributed by atoms with Crippen molar-refractivity contribution >= 4 is 21.5 Å². The highest BCUT2D eigenvalue weighted by molar-refractivity contribution is 5.93. The number of benzene rings is 4. The van der Waals surface area contributed by atoms with Crippen LogP contribution in [0.1, 0.15) is 11.1 Å². The zero-order chi connectivity index (χ0) is 31.2. The van der Waals surface area contributed by atoms with Crippen LogP contribution < -0.4 is 0 Å². The fourth-order valence-corrected chi connectivity index (χ4v) is 6.19. The van der Waals surface area contributed by atoms with Crippen molar-refractivity contribution in [2.24, 2.45) is 0 Å². The summed E-state index contributed by atoms with van der Waals surface area (Å²) in [6.45, 7) is 12.8. The lowest BCUT2D eigenvalue weighted by Gasteiger charge is -2.24. The van der Waals surface area contributed by atoms with Gasteiger partial charge in [0.15, 0.2) is 0 Å². The highest BCUT2D eigenvalue weighted by atomic mass is 16.5. The largest absolute Gasteiger partial charge is 0.378 e. The van der Waals surface area contributed by atoms with E-state index in [1.54, 1.807) is 0 Å². The van der Waals surface area contributed by atoms with Crippen LogP contribution in [0.15, 0.2) is 72.8 Å². The van der Waals surface area contributed by atoms with Crippen LogP contribution >= 0.6 is 0 Å². The molecule has 0 spiro atoms. The number of ether oxygens (including phenoxy) is 6. The molecule has 2 saturated heterocycles. The molecule has 46 heavy (non-hydrogen) atoms. The third-order valence-electron chi connectivity index (χ3n) is 8.76. The molecule has 8 heteroatoms. The van der Waals surface area contributed by atoms with Gasteiger partial charge in [0.05, 0.1) is 79.3 Å².